The van der Waals surface area contributed by atoms with Crippen LogP contribution in [0.5, 0.6) is 11.5 Å². The highest BCUT2D eigenvalue weighted by molar-refractivity contribution is 6.30. The summed E-state index contributed by atoms with van der Waals surface area (Å²) in [6.45, 7) is 4.70. The third kappa shape index (κ3) is 4.90. The lowest BCUT2D eigenvalue weighted by atomic mass is 10.0. The third-order valence-corrected chi connectivity index (χ3v) is 3.17. The van der Waals surface area contributed by atoms with Crippen LogP contribution in [0.25, 0.3) is 0 Å². The highest BCUT2D eigenvalue weighted by Gasteiger charge is 2.18. The van der Waals surface area contributed by atoms with Gasteiger partial charge in [-0.15, -0.1) is 0 Å². The Morgan fingerprint density at radius 2 is 2.11 bits per heavy atom. The van der Waals surface area contributed by atoms with E-state index in [1.54, 1.807) is 19.1 Å². The van der Waals surface area contributed by atoms with Crippen molar-refractivity contribution in [1.29, 1.82) is 0 Å². The predicted molar refractivity (Wildman–Crippen MR) is 76.9 cm³/mol. The molecule has 1 aromatic rings. The van der Waals surface area contributed by atoms with Gasteiger partial charge in [0.2, 0.25) is 0 Å². The molecule has 0 bridgehead atoms. The standard InChI is InChI=1S/C14H22ClNO3/c1-4-5-14(2,18)9-16-8-10-6-11(15)7-12(19-3)13(10)17/h6-7,16-18H,4-5,8-9H2,1-3H3. The van der Waals surface area contributed by atoms with E-state index in [0.717, 1.165) is 12.8 Å². The number of ether oxygens (including phenoxy) is 1. The summed E-state index contributed by atoms with van der Waals surface area (Å²) < 4.78 is 5.04. The molecule has 1 atom stereocenters. The SMILES string of the molecule is CCCC(C)(O)CNCc1cc(Cl)cc(OC)c1O. The molecule has 5 heteroatoms. The Balaban J connectivity index is 2.65. The maximum atomic E-state index is 10.0. The van der Waals surface area contributed by atoms with Crippen LogP contribution in [-0.4, -0.2) is 29.5 Å². The molecule has 0 saturated heterocycles. The Hall–Kier alpha value is -0.970. The zero-order valence-corrected chi connectivity index (χ0v) is 12.4. The third-order valence-electron chi connectivity index (χ3n) is 2.95. The van der Waals surface area contributed by atoms with E-state index < -0.39 is 5.60 Å². The van der Waals surface area contributed by atoms with E-state index in [9.17, 15) is 10.2 Å². The number of halogens is 1. The molecule has 1 unspecified atom stereocenters. The first-order chi connectivity index (χ1) is 8.89. The number of aliphatic hydroxyl groups is 1. The van der Waals surface area contributed by atoms with E-state index in [1.165, 1.54) is 7.11 Å². The minimum Gasteiger partial charge on any atom is -0.504 e. The van der Waals surface area contributed by atoms with Crippen LogP contribution in [0.3, 0.4) is 0 Å². The summed E-state index contributed by atoms with van der Waals surface area (Å²) >= 11 is 5.95. The fourth-order valence-electron chi connectivity index (χ4n) is 2.01. The summed E-state index contributed by atoms with van der Waals surface area (Å²) in [7, 11) is 1.48. The average molecular weight is 288 g/mol. The fraction of sp³-hybridized carbons (Fsp3) is 0.571. The lowest BCUT2D eigenvalue weighted by Crippen LogP contribution is -2.37. The van der Waals surface area contributed by atoms with Crippen molar-refractivity contribution in [2.24, 2.45) is 0 Å². The van der Waals surface area contributed by atoms with Crippen LogP contribution >= 0.6 is 11.6 Å². The molecule has 0 amide bonds. The molecular weight excluding hydrogens is 266 g/mol. The molecule has 1 aromatic carbocycles. The fourth-order valence-corrected chi connectivity index (χ4v) is 2.24. The zero-order chi connectivity index (χ0) is 14.5. The Kier molecular flexibility index (Phi) is 5.91. The molecule has 0 heterocycles. The van der Waals surface area contributed by atoms with Crippen molar-refractivity contribution in [2.45, 2.75) is 38.8 Å². The molecule has 3 N–H and O–H groups in total. The molecule has 0 aliphatic rings. The van der Waals surface area contributed by atoms with Gasteiger partial charge in [-0.2, -0.15) is 0 Å². The molecule has 0 spiro atoms. The lowest BCUT2D eigenvalue weighted by molar-refractivity contribution is 0.0497. The maximum absolute atomic E-state index is 10.0. The second-order valence-corrected chi connectivity index (χ2v) is 5.40. The van der Waals surface area contributed by atoms with Gasteiger partial charge in [-0.1, -0.05) is 24.9 Å². The van der Waals surface area contributed by atoms with Gasteiger partial charge in [0.1, 0.15) is 0 Å². The van der Waals surface area contributed by atoms with Gasteiger partial charge in [-0.3, -0.25) is 0 Å². The summed E-state index contributed by atoms with van der Waals surface area (Å²) in [5, 5.41) is 23.6. The van der Waals surface area contributed by atoms with Gasteiger partial charge in [0, 0.05) is 29.7 Å². The van der Waals surface area contributed by atoms with E-state index in [-0.39, 0.29) is 5.75 Å². The molecule has 0 fully saturated rings. The summed E-state index contributed by atoms with van der Waals surface area (Å²) in [4.78, 5) is 0. The van der Waals surface area contributed by atoms with Crippen molar-refractivity contribution >= 4 is 11.6 Å². The molecule has 0 aliphatic heterocycles. The van der Waals surface area contributed by atoms with Crippen molar-refractivity contribution in [2.75, 3.05) is 13.7 Å². The van der Waals surface area contributed by atoms with Crippen LogP contribution in [-0.2, 0) is 6.54 Å². The molecule has 0 radical (unpaired) electrons. The number of phenolic OH excluding ortho intramolecular Hbond substituents is 1. The van der Waals surface area contributed by atoms with Gasteiger partial charge in [0.15, 0.2) is 11.5 Å². The van der Waals surface area contributed by atoms with Crippen LogP contribution in [0.2, 0.25) is 5.02 Å². The number of hydrogen-bond acceptors (Lipinski definition) is 4. The van der Waals surface area contributed by atoms with Gasteiger partial charge in [0.25, 0.3) is 0 Å². The number of phenols is 1. The number of benzene rings is 1. The second-order valence-electron chi connectivity index (χ2n) is 4.97. The van der Waals surface area contributed by atoms with E-state index in [2.05, 4.69) is 5.32 Å². The first-order valence-corrected chi connectivity index (χ1v) is 6.76. The lowest BCUT2D eigenvalue weighted by Gasteiger charge is -2.23. The maximum Gasteiger partial charge on any atom is 0.162 e. The molecule has 0 aliphatic carbocycles. The van der Waals surface area contributed by atoms with E-state index in [0.29, 0.717) is 29.4 Å². The first-order valence-electron chi connectivity index (χ1n) is 6.38. The van der Waals surface area contributed by atoms with Crippen molar-refractivity contribution in [3.8, 4) is 11.5 Å². The Bertz CT molecular complexity index is 421. The largest absolute Gasteiger partial charge is 0.504 e. The molecule has 1 rings (SSSR count). The van der Waals surface area contributed by atoms with Gasteiger partial charge in [0.05, 0.1) is 12.7 Å². The zero-order valence-electron chi connectivity index (χ0n) is 11.7. The van der Waals surface area contributed by atoms with Crippen LogP contribution in [0.4, 0.5) is 0 Å². The van der Waals surface area contributed by atoms with Crippen molar-refractivity contribution in [3.05, 3.63) is 22.7 Å². The summed E-state index contributed by atoms with van der Waals surface area (Å²) in [5.41, 5.74) is -0.0934. The minimum absolute atomic E-state index is 0.0783. The van der Waals surface area contributed by atoms with Crippen molar-refractivity contribution < 1.29 is 14.9 Å². The van der Waals surface area contributed by atoms with E-state index in [1.807, 2.05) is 6.92 Å². The van der Waals surface area contributed by atoms with Crippen LogP contribution in [0.15, 0.2) is 12.1 Å². The van der Waals surface area contributed by atoms with Gasteiger partial charge in [-0.05, 0) is 19.4 Å². The highest BCUT2D eigenvalue weighted by Crippen LogP contribution is 2.33. The summed E-state index contributed by atoms with van der Waals surface area (Å²) in [6.07, 6.45) is 1.65. The number of aromatic hydroxyl groups is 1. The van der Waals surface area contributed by atoms with Gasteiger partial charge >= 0.3 is 0 Å². The first kappa shape index (κ1) is 16.1. The monoisotopic (exact) mass is 287 g/mol. The van der Waals surface area contributed by atoms with Crippen LogP contribution in [0, 0.1) is 0 Å². The summed E-state index contributed by atoms with van der Waals surface area (Å²) in [5.74, 6) is 0.430. The van der Waals surface area contributed by atoms with E-state index >= 15 is 0 Å². The Labute approximate surface area is 119 Å². The Morgan fingerprint density at radius 3 is 2.68 bits per heavy atom. The van der Waals surface area contributed by atoms with Gasteiger partial charge in [-0.25, -0.2) is 0 Å². The second kappa shape index (κ2) is 6.98. The summed E-state index contributed by atoms with van der Waals surface area (Å²) in [6, 6.07) is 3.24. The average Bonchev–Trinajstić information content (AvgIpc) is 2.32. The molecule has 19 heavy (non-hydrogen) atoms. The number of hydrogen-bond donors (Lipinski definition) is 3. The number of nitrogens with one attached hydrogen (secondary N) is 1. The van der Waals surface area contributed by atoms with E-state index in [4.69, 9.17) is 16.3 Å². The predicted octanol–water partition coefficient (Wildman–Crippen LogP) is 2.69. The Morgan fingerprint density at radius 1 is 1.42 bits per heavy atom. The minimum atomic E-state index is -0.743. The smallest absolute Gasteiger partial charge is 0.162 e. The topological polar surface area (TPSA) is 61.7 Å². The van der Waals surface area contributed by atoms with Crippen molar-refractivity contribution in [1.82, 2.24) is 5.32 Å². The van der Waals surface area contributed by atoms with Crippen LogP contribution < -0.4 is 10.1 Å². The normalized spacial score (nSPS) is 14.2. The molecule has 108 valence electrons. The quantitative estimate of drug-likeness (QED) is 0.721. The highest BCUT2D eigenvalue weighted by atomic mass is 35.5. The van der Waals surface area contributed by atoms with Gasteiger partial charge < -0.3 is 20.3 Å². The number of methoxy groups -OCH3 is 1. The number of rotatable bonds is 7. The molecule has 4 nitrogen and oxygen atoms in total. The molecular formula is C14H22ClNO3. The van der Waals surface area contributed by atoms with Crippen molar-refractivity contribution in [3.63, 3.8) is 0 Å². The molecule has 0 aromatic heterocycles. The van der Waals surface area contributed by atoms with Crippen LogP contribution in [0.1, 0.15) is 32.3 Å². The molecule has 0 saturated carbocycles.